The lowest BCUT2D eigenvalue weighted by molar-refractivity contribution is -0.388. The molecule has 27 heavy (non-hydrogen) atoms. The van der Waals surface area contributed by atoms with Crippen molar-refractivity contribution in [3.05, 3.63) is 87.7 Å². The van der Waals surface area contributed by atoms with Crippen molar-refractivity contribution in [3.8, 4) is 11.4 Å². The molecule has 2 aromatic carbocycles. The van der Waals surface area contributed by atoms with Gasteiger partial charge in [0.2, 0.25) is 5.82 Å². The van der Waals surface area contributed by atoms with E-state index in [9.17, 15) is 10.1 Å². The Bertz CT molecular complexity index is 1150. The van der Waals surface area contributed by atoms with Crippen LogP contribution in [0.25, 0.3) is 22.3 Å². The van der Waals surface area contributed by atoms with Crippen molar-refractivity contribution in [1.82, 2.24) is 14.5 Å². The van der Waals surface area contributed by atoms with Crippen LogP contribution in [-0.2, 0) is 6.54 Å². The number of imidazole rings is 1. The van der Waals surface area contributed by atoms with E-state index in [0.29, 0.717) is 23.8 Å². The number of benzene rings is 2. The Morgan fingerprint density at radius 2 is 1.70 bits per heavy atom. The van der Waals surface area contributed by atoms with E-state index in [1.54, 1.807) is 6.92 Å². The number of aryl methyl sites for hydroxylation is 2. The minimum absolute atomic E-state index is 0.164. The van der Waals surface area contributed by atoms with Crippen molar-refractivity contribution in [2.45, 2.75) is 20.4 Å². The SMILES string of the molecule is Cc1ccc(Cn2c(C)nc([N+](=O)[O-])c2-c2ccc3ccccc3n2)cc1. The predicted octanol–water partition coefficient (Wildman–Crippen LogP) is 4.67. The van der Waals surface area contributed by atoms with Gasteiger partial charge >= 0.3 is 5.82 Å². The zero-order chi connectivity index (χ0) is 19.0. The molecule has 0 aliphatic heterocycles. The normalized spacial score (nSPS) is 11.0. The Labute approximate surface area is 156 Å². The Morgan fingerprint density at radius 1 is 0.963 bits per heavy atom. The number of hydrogen-bond donors (Lipinski definition) is 0. The summed E-state index contributed by atoms with van der Waals surface area (Å²) in [5.74, 6) is 0.426. The van der Waals surface area contributed by atoms with Crippen molar-refractivity contribution in [2.75, 3.05) is 0 Å². The lowest BCUT2D eigenvalue weighted by Gasteiger charge is -2.09. The molecule has 0 aliphatic rings. The molecule has 4 aromatic rings. The van der Waals surface area contributed by atoms with Crippen LogP contribution in [0.2, 0.25) is 0 Å². The molecule has 0 atom stereocenters. The Hall–Kier alpha value is -3.54. The second-order valence-corrected chi connectivity index (χ2v) is 6.55. The number of hydrogen-bond acceptors (Lipinski definition) is 4. The van der Waals surface area contributed by atoms with Gasteiger partial charge in [-0.3, -0.25) is 4.57 Å². The van der Waals surface area contributed by atoms with Gasteiger partial charge in [-0.2, -0.15) is 0 Å². The third-order valence-electron chi connectivity index (χ3n) is 4.62. The van der Waals surface area contributed by atoms with E-state index in [2.05, 4.69) is 9.97 Å². The number of pyridine rings is 1. The quantitative estimate of drug-likeness (QED) is 0.392. The predicted molar refractivity (Wildman–Crippen MR) is 105 cm³/mol. The van der Waals surface area contributed by atoms with Crippen molar-refractivity contribution in [2.24, 2.45) is 0 Å². The summed E-state index contributed by atoms with van der Waals surface area (Å²) in [6.45, 7) is 4.31. The van der Waals surface area contributed by atoms with Gasteiger partial charge in [0.25, 0.3) is 0 Å². The lowest BCUT2D eigenvalue weighted by atomic mass is 10.1. The van der Waals surface area contributed by atoms with E-state index in [0.717, 1.165) is 16.5 Å². The van der Waals surface area contributed by atoms with E-state index in [1.807, 2.05) is 72.2 Å². The van der Waals surface area contributed by atoms with E-state index in [1.165, 1.54) is 5.56 Å². The molecular weight excluding hydrogens is 340 g/mol. The molecule has 2 heterocycles. The fourth-order valence-electron chi connectivity index (χ4n) is 3.20. The van der Waals surface area contributed by atoms with Crippen LogP contribution in [-0.4, -0.2) is 19.5 Å². The average Bonchev–Trinajstić information content (AvgIpc) is 3.00. The fourth-order valence-corrected chi connectivity index (χ4v) is 3.20. The van der Waals surface area contributed by atoms with Crippen molar-refractivity contribution in [3.63, 3.8) is 0 Å². The molecule has 6 nitrogen and oxygen atoms in total. The van der Waals surface area contributed by atoms with Crippen LogP contribution in [0.4, 0.5) is 5.82 Å². The van der Waals surface area contributed by atoms with Gasteiger partial charge in [-0.25, -0.2) is 4.98 Å². The summed E-state index contributed by atoms with van der Waals surface area (Å²) in [6.07, 6.45) is 0. The van der Waals surface area contributed by atoms with Crippen molar-refractivity contribution >= 4 is 16.7 Å². The molecule has 2 aromatic heterocycles. The largest absolute Gasteiger partial charge is 0.391 e. The van der Waals surface area contributed by atoms with Gasteiger partial charge in [0.15, 0.2) is 5.69 Å². The minimum Gasteiger partial charge on any atom is -0.358 e. The Kier molecular flexibility index (Phi) is 4.16. The topological polar surface area (TPSA) is 73.8 Å². The molecule has 0 fully saturated rings. The zero-order valence-corrected chi connectivity index (χ0v) is 15.1. The van der Waals surface area contributed by atoms with Crippen LogP contribution in [0.15, 0.2) is 60.7 Å². The maximum absolute atomic E-state index is 11.6. The smallest absolute Gasteiger partial charge is 0.358 e. The first-order chi connectivity index (χ1) is 13.0. The molecular formula is C21H18N4O2. The summed E-state index contributed by atoms with van der Waals surface area (Å²) < 4.78 is 1.86. The molecule has 6 heteroatoms. The molecule has 0 bridgehead atoms. The molecule has 0 radical (unpaired) electrons. The van der Waals surface area contributed by atoms with Gasteiger partial charge in [-0.05, 0) is 34.5 Å². The highest BCUT2D eigenvalue weighted by molar-refractivity contribution is 5.82. The van der Waals surface area contributed by atoms with Crippen LogP contribution >= 0.6 is 0 Å². The number of para-hydroxylation sites is 1. The molecule has 134 valence electrons. The third kappa shape index (κ3) is 3.17. The van der Waals surface area contributed by atoms with Crippen LogP contribution in [0.1, 0.15) is 17.0 Å². The molecule has 0 saturated heterocycles. The lowest BCUT2D eigenvalue weighted by Crippen LogP contribution is -2.05. The van der Waals surface area contributed by atoms with Gasteiger partial charge in [0.05, 0.1) is 17.8 Å². The third-order valence-corrected chi connectivity index (χ3v) is 4.62. The monoisotopic (exact) mass is 358 g/mol. The maximum Gasteiger partial charge on any atom is 0.391 e. The number of fused-ring (bicyclic) bond motifs is 1. The van der Waals surface area contributed by atoms with Gasteiger partial charge < -0.3 is 10.1 Å². The molecule has 0 saturated carbocycles. The minimum atomic E-state index is -0.440. The molecule has 0 unspecified atom stereocenters. The summed E-state index contributed by atoms with van der Waals surface area (Å²) in [6, 6.07) is 19.6. The van der Waals surface area contributed by atoms with Crippen LogP contribution in [0.3, 0.4) is 0 Å². The molecule has 0 aliphatic carbocycles. The fraction of sp³-hybridized carbons (Fsp3) is 0.143. The first kappa shape index (κ1) is 16.9. The number of rotatable bonds is 4. The van der Waals surface area contributed by atoms with E-state index < -0.39 is 4.92 Å². The Balaban J connectivity index is 1.88. The average molecular weight is 358 g/mol. The first-order valence-electron chi connectivity index (χ1n) is 8.66. The summed E-state index contributed by atoms with van der Waals surface area (Å²) in [5, 5.41) is 12.6. The van der Waals surface area contributed by atoms with Crippen molar-refractivity contribution in [1.29, 1.82) is 0 Å². The summed E-state index contributed by atoms with van der Waals surface area (Å²) in [5.41, 5.74) is 4.00. The highest BCUT2D eigenvalue weighted by Gasteiger charge is 2.27. The van der Waals surface area contributed by atoms with Gasteiger partial charge in [-0.15, -0.1) is 0 Å². The van der Waals surface area contributed by atoms with Crippen molar-refractivity contribution < 1.29 is 4.92 Å². The van der Waals surface area contributed by atoms with Crippen LogP contribution in [0.5, 0.6) is 0 Å². The van der Waals surface area contributed by atoms with Gasteiger partial charge in [-0.1, -0.05) is 54.1 Å². The van der Waals surface area contributed by atoms with Crippen LogP contribution < -0.4 is 0 Å². The highest BCUT2D eigenvalue weighted by atomic mass is 16.6. The zero-order valence-electron chi connectivity index (χ0n) is 15.1. The number of nitrogens with zero attached hydrogens (tertiary/aromatic N) is 4. The second-order valence-electron chi connectivity index (χ2n) is 6.55. The summed E-state index contributed by atoms with van der Waals surface area (Å²) >= 11 is 0. The highest BCUT2D eigenvalue weighted by Crippen LogP contribution is 2.31. The Morgan fingerprint density at radius 3 is 2.44 bits per heavy atom. The summed E-state index contributed by atoms with van der Waals surface area (Å²) in [4.78, 5) is 20.0. The summed E-state index contributed by atoms with van der Waals surface area (Å²) in [7, 11) is 0. The van der Waals surface area contributed by atoms with E-state index in [4.69, 9.17) is 0 Å². The second kappa shape index (κ2) is 6.64. The van der Waals surface area contributed by atoms with E-state index >= 15 is 0 Å². The maximum atomic E-state index is 11.6. The van der Waals surface area contributed by atoms with Crippen LogP contribution in [0, 0.1) is 24.0 Å². The van der Waals surface area contributed by atoms with Gasteiger partial charge in [0.1, 0.15) is 0 Å². The molecule has 0 N–H and O–H groups in total. The molecule has 0 amide bonds. The first-order valence-corrected chi connectivity index (χ1v) is 8.66. The molecule has 4 rings (SSSR count). The molecule has 0 spiro atoms. The number of nitro groups is 1. The van der Waals surface area contributed by atoms with Gasteiger partial charge in [0, 0.05) is 12.3 Å². The standard InChI is InChI=1S/C21H18N4O2/c1-14-7-9-16(10-8-14)13-24-15(2)22-21(25(26)27)20(24)19-12-11-17-5-3-4-6-18(17)23-19/h3-12H,13H2,1-2H3. The number of aromatic nitrogens is 3. The van der Waals surface area contributed by atoms with E-state index in [-0.39, 0.29) is 5.82 Å².